The summed E-state index contributed by atoms with van der Waals surface area (Å²) in [4.78, 5) is 8.35. The Morgan fingerprint density at radius 2 is 2.00 bits per heavy atom. The van der Waals surface area contributed by atoms with Crippen LogP contribution < -0.4 is 5.73 Å². The zero-order valence-electron chi connectivity index (χ0n) is 10.3. The second kappa shape index (κ2) is 5.41. The number of aromatic nitrogens is 3. The fraction of sp³-hybridized carbons (Fsp3) is 0. The van der Waals surface area contributed by atoms with Gasteiger partial charge in [-0.05, 0) is 46.9 Å². The van der Waals surface area contributed by atoms with Crippen LogP contribution in [0.3, 0.4) is 0 Å². The Bertz CT molecular complexity index is 769. The molecule has 0 saturated heterocycles. The van der Waals surface area contributed by atoms with Gasteiger partial charge in [0.15, 0.2) is 0 Å². The van der Waals surface area contributed by atoms with E-state index in [1.807, 2.05) is 22.8 Å². The summed E-state index contributed by atoms with van der Waals surface area (Å²) in [6, 6.07) is 7.50. The molecule has 20 heavy (non-hydrogen) atoms. The van der Waals surface area contributed by atoms with E-state index in [1.54, 1.807) is 31.0 Å². The first-order valence-electron chi connectivity index (χ1n) is 5.84. The highest BCUT2D eigenvalue weighted by molar-refractivity contribution is 14.1. The average molecular weight is 397 g/mol. The monoisotopic (exact) mass is 396 g/mol. The summed E-state index contributed by atoms with van der Waals surface area (Å²) in [5.41, 5.74) is 9.45. The normalized spacial score (nSPS) is 10.7. The maximum atomic E-state index is 6.02. The molecule has 0 aliphatic rings. The van der Waals surface area contributed by atoms with Crippen LogP contribution in [-0.4, -0.2) is 14.5 Å². The molecular formula is C14H10ClIN4. The topological polar surface area (TPSA) is 56.7 Å². The summed E-state index contributed by atoms with van der Waals surface area (Å²) in [7, 11) is 0. The molecule has 0 fully saturated rings. The van der Waals surface area contributed by atoms with Crippen LogP contribution in [0.25, 0.3) is 16.9 Å². The number of pyridine rings is 1. The Labute approximate surface area is 134 Å². The lowest BCUT2D eigenvalue weighted by molar-refractivity contribution is 1.05. The molecule has 2 N–H and O–H groups in total. The molecule has 2 heterocycles. The summed E-state index contributed by atoms with van der Waals surface area (Å²) in [5, 5.41) is 0.709. The van der Waals surface area contributed by atoms with Gasteiger partial charge in [0.25, 0.3) is 0 Å². The van der Waals surface area contributed by atoms with Gasteiger partial charge in [0.05, 0.1) is 23.9 Å². The van der Waals surface area contributed by atoms with E-state index in [-0.39, 0.29) is 0 Å². The third kappa shape index (κ3) is 2.38. The molecule has 4 nitrogen and oxygen atoms in total. The molecule has 0 aliphatic heterocycles. The maximum absolute atomic E-state index is 6.02. The van der Waals surface area contributed by atoms with E-state index in [0.29, 0.717) is 10.7 Å². The minimum absolute atomic E-state index is 0.672. The summed E-state index contributed by atoms with van der Waals surface area (Å²) in [6.45, 7) is 0. The Hall–Kier alpha value is -1.60. The molecule has 100 valence electrons. The van der Waals surface area contributed by atoms with Gasteiger partial charge in [-0.3, -0.25) is 9.55 Å². The predicted molar refractivity (Wildman–Crippen MR) is 88.9 cm³/mol. The Morgan fingerprint density at radius 1 is 1.15 bits per heavy atom. The zero-order chi connectivity index (χ0) is 14.1. The number of anilines is 1. The molecule has 6 heteroatoms. The minimum Gasteiger partial charge on any atom is -0.398 e. The van der Waals surface area contributed by atoms with Gasteiger partial charge >= 0.3 is 0 Å². The van der Waals surface area contributed by atoms with Crippen LogP contribution in [0.5, 0.6) is 0 Å². The molecule has 1 aromatic carbocycles. The summed E-state index contributed by atoms with van der Waals surface area (Å²) in [5.74, 6) is 0. The van der Waals surface area contributed by atoms with Crippen LogP contribution in [0.4, 0.5) is 5.69 Å². The number of benzene rings is 1. The molecule has 0 unspecified atom stereocenters. The molecule has 0 spiro atoms. The third-order valence-electron chi connectivity index (χ3n) is 2.94. The summed E-state index contributed by atoms with van der Waals surface area (Å²) in [6.07, 6.45) is 6.95. The van der Waals surface area contributed by atoms with Gasteiger partial charge in [-0.15, -0.1) is 0 Å². The lowest BCUT2D eigenvalue weighted by Gasteiger charge is -2.11. The number of rotatable bonds is 2. The highest BCUT2D eigenvalue weighted by Crippen LogP contribution is 2.29. The van der Waals surface area contributed by atoms with Crippen molar-refractivity contribution in [2.24, 2.45) is 0 Å². The summed E-state index contributed by atoms with van der Waals surface area (Å²) < 4.78 is 3.02. The molecule has 0 atom stereocenters. The van der Waals surface area contributed by atoms with Crippen molar-refractivity contribution < 1.29 is 0 Å². The second-order valence-corrected chi connectivity index (χ2v) is 5.81. The fourth-order valence-electron chi connectivity index (χ4n) is 1.98. The third-order valence-corrected chi connectivity index (χ3v) is 4.04. The van der Waals surface area contributed by atoms with Crippen molar-refractivity contribution in [2.75, 3.05) is 5.73 Å². The quantitative estimate of drug-likeness (QED) is 0.671. The molecule has 0 radical (unpaired) electrons. The molecule has 3 rings (SSSR count). The minimum atomic E-state index is 0.672. The van der Waals surface area contributed by atoms with E-state index < -0.39 is 0 Å². The lowest BCUT2D eigenvalue weighted by Crippen LogP contribution is -2.00. The molecule has 2 aromatic heterocycles. The van der Waals surface area contributed by atoms with Gasteiger partial charge in [0.2, 0.25) is 0 Å². The highest BCUT2D eigenvalue weighted by atomic mass is 127. The predicted octanol–water partition coefficient (Wildman–Crippen LogP) is 3.77. The highest BCUT2D eigenvalue weighted by Gasteiger charge is 2.12. The molecule has 3 aromatic rings. The first-order valence-corrected chi connectivity index (χ1v) is 7.30. The largest absolute Gasteiger partial charge is 0.398 e. The average Bonchev–Trinajstić information content (AvgIpc) is 2.88. The van der Waals surface area contributed by atoms with E-state index in [4.69, 9.17) is 17.3 Å². The molecule has 0 bridgehead atoms. The fourth-order valence-corrected chi connectivity index (χ4v) is 3.11. The van der Waals surface area contributed by atoms with Crippen LogP contribution in [0.2, 0.25) is 5.02 Å². The van der Waals surface area contributed by atoms with Crippen molar-refractivity contribution in [3.05, 3.63) is 57.8 Å². The summed E-state index contributed by atoms with van der Waals surface area (Å²) >= 11 is 8.25. The van der Waals surface area contributed by atoms with Crippen LogP contribution in [0.15, 0.2) is 49.2 Å². The van der Waals surface area contributed by atoms with Crippen LogP contribution in [-0.2, 0) is 0 Å². The number of nitrogen functional groups attached to an aromatic ring is 1. The molecule has 0 saturated carbocycles. The van der Waals surface area contributed by atoms with Crippen LogP contribution in [0.1, 0.15) is 0 Å². The number of halogens is 2. The van der Waals surface area contributed by atoms with E-state index in [2.05, 4.69) is 32.6 Å². The van der Waals surface area contributed by atoms with Crippen molar-refractivity contribution in [1.82, 2.24) is 14.5 Å². The van der Waals surface area contributed by atoms with Crippen molar-refractivity contribution in [3.8, 4) is 16.9 Å². The number of hydrogen-bond acceptors (Lipinski definition) is 3. The van der Waals surface area contributed by atoms with E-state index in [9.17, 15) is 0 Å². The smallest absolute Gasteiger partial charge is 0.0997 e. The van der Waals surface area contributed by atoms with Crippen LogP contribution in [0, 0.1) is 3.57 Å². The first-order chi connectivity index (χ1) is 9.66. The van der Waals surface area contributed by atoms with Crippen LogP contribution >= 0.6 is 34.2 Å². The van der Waals surface area contributed by atoms with E-state index in [0.717, 1.165) is 20.5 Å². The van der Waals surface area contributed by atoms with Gasteiger partial charge in [-0.25, -0.2) is 4.98 Å². The van der Waals surface area contributed by atoms with E-state index in [1.165, 1.54) is 0 Å². The van der Waals surface area contributed by atoms with Crippen molar-refractivity contribution in [2.45, 2.75) is 0 Å². The SMILES string of the molecule is Nc1ccncc1-c1cncn1-c1ccc(Cl)cc1I. The van der Waals surface area contributed by atoms with Gasteiger partial charge in [0.1, 0.15) is 0 Å². The maximum Gasteiger partial charge on any atom is 0.0997 e. The van der Waals surface area contributed by atoms with Crippen molar-refractivity contribution >= 4 is 39.9 Å². The molecule has 0 amide bonds. The number of imidazole rings is 1. The standard InChI is InChI=1S/C14H10ClIN4/c15-9-1-2-13(11(16)5-9)20-8-19-7-14(20)10-6-18-4-3-12(10)17/h1-8H,(H2,17,18). The zero-order valence-corrected chi connectivity index (χ0v) is 13.2. The molecule has 0 aliphatic carbocycles. The van der Waals surface area contributed by atoms with Gasteiger partial charge in [-0.1, -0.05) is 11.6 Å². The van der Waals surface area contributed by atoms with Gasteiger partial charge in [-0.2, -0.15) is 0 Å². The Kier molecular flexibility index (Phi) is 3.62. The first kappa shape index (κ1) is 13.4. The van der Waals surface area contributed by atoms with Gasteiger partial charge in [0, 0.05) is 32.2 Å². The Balaban J connectivity index is 2.18. The Morgan fingerprint density at radius 3 is 2.75 bits per heavy atom. The van der Waals surface area contributed by atoms with E-state index >= 15 is 0 Å². The van der Waals surface area contributed by atoms with Gasteiger partial charge < -0.3 is 5.73 Å². The second-order valence-electron chi connectivity index (χ2n) is 4.21. The molecular weight excluding hydrogens is 387 g/mol. The lowest BCUT2D eigenvalue weighted by atomic mass is 10.2. The number of hydrogen-bond donors (Lipinski definition) is 1. The van der Waals surface area contributed by atoms with Crippen molar-refractivity contribution in [1.29, 1.82) is 0 Å². The number of nitrogens with two attached hydrogens (primary N) is 1. The van der Waals surface area contributed by atoms with Crippen molar-refractivity contribution in [3.63, 3.8) is 0 Å². The number of nitrogens with zero attached hydrogens (tertiary/aromatic N) is 3.